The first kappa shape index (κ1) is 34.4. The third kappa shape index (κ3) is 8.32. The average Bonchev–Trinajstić information content (AvgIpc) is 3.80. The summed E-state index contributed by atoms with van der Waals surface area (Å²) in [4.78, 5) is 26.4. The first-order valence-corrected chi connectivity index (χ1v) is 17.2. The number of aromatic nitrogens is 3. The molecule has 266 valence electrons. The summed E-state index contributed by atoms with van der Waals surface area (Å²) in [5.74, 6) is -0.964. The second-order valence-corrected chi connectivity index (χ2v) is 13.4. The Kier molecular flexibility index (Phi) is 10.2. The van der Waals surface area contributed by atoms with Crippen LogP contribution in [0.15, 0.2) is 96.2 Å². The molecule has 0 radical (unpaired) electrons. The molecule has 0 bridgehead atoms. The molecule has 7 rings (SSSR count). The number of allylic oxidation sites excluding steroid dienone is 1. The number of ether oxygens (including phenoxy) is 2. The van der Waals surface area contributed by atoms with Gasteiger partial charge in [-0.15, -0.1) is 0 Å². The van der Waals surface area contributed by atoms with Crippen LogP contribution in [0.25, 0.3) is 0 Å². The zero-order valence-electron chi connectivity index (χ0n) is 28.4. The van der Waals surface area contributed by atoms with Crippen molar-refractivity contribution in [1.29, 1.82) is 0 Å². The van der Waals surface area contributed by atoms with Gasteiger partial charge in [-0.25, -0.2) is 18.2 Å². The van der Waals surface area contributed by atoms with E-state index >= 15 is 0 Å². The van der Waals surface area contributed by atoms with E-state index in [2.05, 4.69) is 31.3 Å². The van der Waals surface area contributed by atoms with Crippen molar-refractivity contribution in [3.8, 4) is 0 Å². The minimum absolute atomic E-state index is 0.0350. The number of carbonyl (C=O) groups excluding carboxylic acids is 1. The molecule has 2 saturated heterocycles. The summed E-state index contributed by atoms with van der Waals surface area (Å²) in [5.41, 5.74) is 2.63. The molecule has 3 aromatic carbocycles. The lowest BCUT2D eigenvalue weighted by molar-refractivity contribution is -0.0138. The predicted molar refractivity (Wildman–Crippen MR) is 187 cm³/mol. The van der Waals surface area contributed by atoms with Gasteiger partial charge in [0, 0.05) is 67.9 Å². The van der Waals surface area contributed by atoms with Gasteiger partial charge >= 0.3 is 0 Å². The lowest BCUT2D eigenvalue weighted by Gasteiger charge is -2.39. The fourth-order valence-electron chi connectivity index (χ4n) is 7.10. The zero-order valence-corrected chi connectivity index (χ0v) is 28.4. The van der Waals surface area contributed by atoms with Crippen molar-refractivity contribution in [3.63, 3.8) is 0 Å². The fourth-order valence-corrected chi connectivity index (χ4v) is 7.10. The van der Waals surface area contributed by atoms with Crippen molar-refractivity contribution < 1.29 is 27.4 Å². The lowest BCUT2D eigenvalue weighted by atomic mass is 9.88. The number of hydrogen-bond donors (Lipinski definition) is 1. The molecule has 0 saturated carbocycles. The zero-order chi connectivity index (χ0) is 35.4. The summed E-state index contributed by atoms with van der Waals surface area (Å²) < 4.78 is 55.7. The number of carbonyl (C=O) groups is 1. The van der Waals surface area contributed by atoms with Crippen molar-refractivity contribution >= 4 is 23.0 Å². The summed E-state index contributed by atoms with van der Waals surface area (Å²) in [6, 6.07) is 16.9. The molecular formula is C38H40F3N7O3. The molecule has 2 fully saturated rings. The molecule has 3 atom stereocenters. The molecule has 3 aliphatic rings. The molecule has 3 aliphatic heterocycles. The SMILES string of the molecule is CC1=NC(N2CCN(c3ccc(C(=O)Nc4ccc(F)cc4)cc3)CC2)CC=C1OC[C@@H]1CO[C@](Cc2ccc(F)cc2F)(Cn2cncn2)C1. The number of rotatable bonds is 11. The molecule has 1 unspecified atom stereocenters. The number of hydrogen-bond acceptors (Lipinski definition) is 8. The number of piperazine rings is 1. The lowest BCUT2D eigenvalue weighted by Crippen LogP contribution is -2.50. The van der Waals surface area contributed by atoms with E-state index in [0.717, 1.165) is 55.8 Å². The van der Waals surface area contributed by atoms with Crippen molar-refractivity contribution in [1.82, 2.24) is 19.7 Å². The Morgan fingerprint density at radius 3 is 2.47 bits per heavy atom. The summed E-state index contributed by atoms with van der Waals surface area (Å²) in [6.45, 7) is 6.59. The van der Waals surface area contributed by atoms with Crippen molar-refractivity contribution in [2.24, 2.45) is 10.9 Å². The van der Waals surface area contributed by atoms with Gasteiger partial charge < -0.3 is 19.7 Å². The molecule has 0 aliphatic carbocycles. The second kappa shape index (κ2) is 15.1. The molecule has 1 amide bonds. The van der Waals surface area contributed by atoms with Gasteiger partial charge in [-0.1, -0.05) is 6.07 Å². The van der Waals surface area contributed by atoms with Crippen LogP contribution in [0.5, 0.6) is 0 Å². The average molecular weight is 700 g/mol. The monoisotopic (exact) mass is 699 g/mol. The van der Waals surface area contributed by atoms with Crippen molar-refractivity contribution in [2.75, 3.05) is 49.6 Å². The standard InChI is InChI=1S/C38H40F3N7O3/c1-26-35(50-21-27-19-38(51-22-27,23-48-25-42-24-43-48)20-29-2-5-31(40)18-34(29)41)12-13-36(44-26)47-16-14-46(15-17-47)33-10-3-28(4-11-33)37(49)45-32-8-6-30(39)7-9-32/h2-12,18,24-25,27,36H,13-17,19-23H2,1H3,(H,45,49)/t27-,36?,38-/m1/s1. The Labute approximate surface area is 294 Å². The largest absolute Gasteiger partial charge is 0.492 e. The number of nitrogens with one attached hydrogen (secondary N) is 1. The third-order valence-corrected chi connectivity index (χ3v) is 9.75. The molecule has 0 spiro atoms. The van der Waals surface area contributed by atoms with Crippen LogP contribution < -0.4 is 10.2 Å². The van der Waals surface area contributed by atoms with Gasteiger partial charge in [0.15, 0.2) is 0 Å². The maximum atomic E-state index is 14.6. The maximum absolute atomic E-state index is 14.6. The van der Waals surface area contributed by atoms with Crippen LogP contribution >= 0.6 is 0 Å². The number of benzene rings is 3. The molecule has 51 heavy (non-hydrogen) atoms. The Morgan fingerprint density at radius 1 is 1.00 bits per heavy atom. The van der Waals surface area contributed by atoms with E-state index in [9.17, 15) is 18.0 Å². The molecule has 1 aromatic heterocycles. The fraction of sp³-hybridized carbons (Fsp3) is 0.368. The normalized spacial score (nSPS) is 22.4. The predicted octanol–water partition coefficient (Wildman–Crippen LogP) is 5.88. The number of nitrogens with zero attached hydrogens (tertiary/aromatic N) is 6. The van der Waals surface area contributed by atoms with Crippen molar-refractivity contribution in [3.05, 3.63) is 120 Å². The van der Waals surface area contributed by atoms with E-state index in [0.29, 0.717) is 43.0 Å². The van der Waals surface area contributed by atoms with E-state index in [1.165, 1.54) is 42.7 Å². The van der Waals surface area contributed by atoms with Crippen molar-refractivity contribution in [2.45, 2.75) is 44.5 Å². The molecule has 1 N–H and O–H groups in total. The second-order valence-electron chi connectivity index (χ2n) is 13.4. The number of aliphatic imine (C=N–C) groups is 1. The Morgan fingerprint density at radius 2 is 1.76 bits per heavy atom. The van der Waals surface area contributed by atoms with Crippen LogP contribution in [0.3, 0.4) is 0 Å². The van der Waals surface area contributed by atoms with Gasteiger partial charge in [0.1, 0.15) is 42.0 Å². The summed E-state index contributed by atoms with van der Waals surface area (Å²) in [6.07, 6.45) is 6.84. The molecule has 4 heterocycles. The van der Waals surface area contributed by atoms with Gasteiger partial charge in [-0.3, -0.25) is 19.4 Å². The highest BCUT2D eigenvalue weighted by Gasteiger charge is 2.42. The third-order valence-electron chi connectivity index (χ3n) is 9.75. The Balaban J connectivity index is 0.890. The Hall–Kier alpha value is -5.01. The number of anilines is 2. The van der Waals surface area contributed by atoms with Crippen LogP contribution in [0, 0.1) is 23.4 Å². The maximum Gasteiger partial charge on any atom is 0.255 e. The van der Waals surface area contributed by atoms with Gasteiger partial charge in [0.25, 0.3) is 5.91 Å². The highest BCUT2D eigenvalue weighted by molar-refractivity contribution is 6.04. The number of dihydropyridines is 1. The van der Waals surface area contributed by atoms with E-state index < -0.39 is 17.2 Å². The first-order chi connectivity index (χ1) is 24.7. The summed E-state index contributed by atoms with van der Waals surface area (Å²) >= 11 is 0. The van der Waals surface area contributed by atoms with E-state index in [1.807, 2.05) is 31.2 Å². The van der Waals surface area contributed by atoms with Crippen LogP contribution in [-0.4, -0.2) is 82.4 Å². The van der Waals surface area contributed by atoms with Crippen LogP contribution in [0.1, 0.15) is 35.7 Å². The highest BCUT2D eigenvalue weighted by Crippen LogP contribution is 2.36. The van der Waals surface area contributed by atoms with Gasteiger partial charge in [0.05, 0.1) is 31.1 Å². The summed E-state index contributed by atoms with van der Waals surface area (Å²) in [7, 11) is 0. The van der Waals surface area contributed by atoms with Crippen LogP contribution in [0.2, 0.25) is 0 Å². The Bertz CT molecular complexity index is 1880. The summed E-state index contributed by atoms with van der Waals surface area (Å²) in [5, 5.41) is 7.03. The number of amides is 1. The topological polar surface area (TPSA) is 97.1 Å². The van der Waals surface area contributed by atoms with Crippen LogP contribution in [0.4, 0.5) is 24.5 Å². The van der Waals surface area contributed by atoms with Crippen LogP contribution in [-0.2, 0) is 22.4 Å². The van der Waals surface area contributed by atoms with E-state index in [1.54, 1.807) is 11.0 Å². The van der Waals surface area contributed by atoms with E-state index in [-0.39, 0.29) is 30.2 Å². The molecular weight excluding hydrogens is 659 g/mol. The van der Waals surface area contributed by atoms with Gasteiger partial charge in [0.2, 0.25) is 0 Å². The number of halogens is 3. The minimum atomic E-state index is -0.737. The smallest absolute Gasteiger partial charge is 0.255 e. The van der Waals surface area contributed by atoms with E-state index in [4.69, 9.17) is 14.5 Å². The first-order valence-electron chi connectivity index (χ1n) is 17.2. The highest BCUT2D eigenvalue weighted by atomic mass is 19.1. The minimum Gasteiger partial charge on any atom is -0.492 e. The van der Waals surface area contributed by atoms with Gasteiger partial charge in [-0.2, -0.15) is 5.10 Å². The molecule has 4 aromatic rings. The quantitative estimate of drug-likeness (QED) is 0.209. The molecule has 13 heteroatoms. The van der Waals surface area contributed by atoms with Gasteiger partial charge in [-0.05, 0) is 79.6 Å². The molecule has 10 nitrogen and oxygen atoms in total.